The van der Waals surface area contributed by atoms with Crippen LogP contribution in [0.25, 0.3) is 0 Å². The fraction of sp³-hybridized carbons (Fsp3) is 0.500. The zero-order chi connectivity index (χ0) is 19.0. The molecular weight excluding hydrogens is 364 g/mol. The molecule has 9 heteroatoms. The molecule has 0 saturated heterocycles. The number of hydrogen-bond donors (Lipinski definition) is 3. The number of aliphatic carboxylic acids is 1. The number of hydrogen-bond acceptors (Lipinski definition) is 5. The van der Waals surface area contributed by atoms with Crippen molar-refractivity contribution in [1.29, 1.82) is 0 Å². The molecule has 0 spiro atoms. The Hall–Kier alpha value is -1.58. The van der Waals surface area contributed by atoms with Crippen LogP contribution in [0.15, 0.2) is 29.2 Å². The molecule has 1 rings (SSSR count). The zero-order valence-electron chi connectivity index (χ0n) is 14.5. The van der Waals surface area contributed by atoms with Gasteiger partial charge in [-0.3, -0.25) is 4.79 Å². The van der Waals surface area contributed by atoms with Crippen molar-refractivity contribution in [3.05, 3.63) is 29.8 Å². The van der Waals surface area contributed by atoms with Crippen molar-refractivity contribution in [3.8, 4) is 0 Å². The number of nitrogens with one attached hydrogen (secondary N) is 2. The van der Waals surface area contributed by atoms with E-state index >= 15 is 0 Å². The molecule has 0 fully saturated rings. The SMILES string of the molecule is CCC(NC(=O)C(CCSC)NS(=O)(=O)c1ccc(C)cc1)C(=O)O. The lowest BCUT2D eigenvalue weighted by Gasteiger charge is -2.20. The van der Waals surface area contributed by atoms with Crippen LogP contribution in [0.1, 0.15) is 25.3 Å². The molecule has 0 aliphatic rings. The lowest BCUT2D eigenvalue weighted by atomic mass is 10.2. The standard InChI is InChI=1S/C16H24N2O5S2/c1-4-13(16(20)21)17-15(19)14(9-10-24-3)18-25(22,23)12-7-5-11(2)6-8-12/h5-8,13-14,18H,4,9-10H2,1-3H3,(H,17,19)(H,20,21). The van der Waals surface area contributed by atoms with E-state index in [4.69, 9.17) is 5.11 Å². The minimum atomic E-state index is -3.88. The maximum absolute atomic E-state index is 12.5. The van der Waals surface area contributed by atoms with Gasteiger partial charge in [-0.25, -0.2) is 13.2 Å². The number of benzene rings is 1. The Balaban J connectivity index is 2.95. The van der Waals surface area contributed by atoms with Crippen molar-refractivity contribution in [2.45, 2.75) is 43.7 Å². The van der Waals surface area contributed by atoms with Gasteiger partial charge in [-0.05, 0) is 43.9 Å². The monoisotopic (exact) mass is 388 g/mol. The average molecular weight is 389 g/mol. The minimum absolute atomic E-state index is 0.0605. The average Bonchev–Trinajstić information content (AvgIpc) is 2.56. The molecule has 0 aliphatic heterocycles. The molecule has 0 aromatic heterocycles. The molecular formula is C16H24N2O5S2. The quantitative estimate of drug-likeness (QED) is 0.558. The molecule has 140 valence electrons. The Morgan fingerprint density at radius 3 is 2.28 bits per heavy atom. The summed E-state index contributed by atoms with van der Waals surface area (Å²) in [6.07, 6.45) is 2.31. The zero-order valence-corrected chi connectivity index (χ0v) is 16.1. The van der Waals surface area contributed by atoms with E-state index in [0.29, 0.717) is 5.75 Å². The van der Waals surface area contributed by atoms with Gasteiger partial charge in [-0.15, -0.1) is 0 Å². The smallest absolute Gasteiger partial charge is 0.326 e. The van der Waals surface area contributed by atoms with Crippen molar-refractivity contribution in [1.82, 2.24) is 10.0 Å². The van der Waals surface area contributed by atoms with Crippen LogP contribution in [0, 0.1) is 6.92 Å². The predicted octanol–water partition coefficient (Wildman–Crippen LogP) is 1.37. The number of rotatable bonds is 10. The molecule has 25 heavy (non-hydrogen) atoms. The van der Waals surface area contributed by atoms with Crippen LogP contribution in [0.5, 0.6) is 0 Å². The number of thioether (sulfide) groups is 1. The van der Waals surface area contributed by atoms with Crippen molar-refractivity contribution >= 4 is 33.7 Å². The fourth-order valence-electron chi connectivity index (χ4n) is 2.06. The molecule has 1 amide bonds. The maximum atomic E-state index is 12.5. The first-order chi connectivity index (χ1) is 11.7. The summed E-state index contributed by atoms with van der Waals surface area (Å²) in [5.41, 5.74) is 0.919. The summed E-state index contributed by atoms with van der Waals surface area (Å²) < 4.78 is 27.4. The fourth-order valence-corrected chi connectivity index (χ4v) is 3.76. The van der Waals surface area contributed by atoms with Gasteiger partial charge in [0, 0.05) is 0 Å². The van der Waals surface area contributed by atoms with Crippen LogP contribution in [0.4, 0.5) is 0 Å². The normalized spacial score (nSPS) is 13.9. The third-order valence-electron chi connectivity index (χ3n) is 3.58. The molecule has 1 aromatic carbocycles. The van der Waals surface area contributed by atoms with Gasteiger partial charge < -0.3 is 10.4 Å². The third-order valence-corrected chi connectivity index (χ3v) is 5.71. The van der Waals surface area contributed by atoms with E-state index in [1.807, 2.05) is 13.2 Å². The third kappa shape index (κ3) is 6.68. The number of sulfonamides is 1. The van der Waals surface area contributed by atoms with E-state index in [2.05, 4.69) is 10.0 Å². The van der Waals surface area contributed by atoms with E-state index in [9.17, 15) is 18.0 Å². The minimum Gasteiger partial charge on any atom is -0.480 e. The maximum Gasteiger partial charge on any atom is 0.326 e. The second-order valence-electron chi connectivity index (χ2n) is 5.58. The summed E-state index contributed by atoms with van der Waals surface area (Å²) in [5, 5.41) is 11.4. The number of carbonyl (C=O) groups is 2. The first kappa shape index (κ1) is 21.5. The highest BCUT2D eigenvalue weighted by Crippen LogP contribution is 2.12. The Bertz CT molecular complexity index is 689. The van der Waals surface area contributed by atoms with E-state index in [0.717, 1.165) is 5.56 Å². The van der Waals surface area contributed by atoms with Gasteiger partial charge in [0.25, 0.3) is 0 Å². The van der Waals surface area contributed by atoms with Crippen LogP contribution in [-0.4, -0.2) is 49.5 Å². The highest BCUT2D eigenvalue weighted by molar-refractivity contribution is 7.98. The first-order valence-electron chi connectivity index (χ1n) is 7.82. The van der Waals surface area contributed by atoms with E-state index in [1.165, 1.54) is 23.9 Å². The van der Waals surface area contributed by atoms with Crippen LogP contribution >= 0.6 is 11.8 Å². The van der Waals surface area contributed by atoms with E-state index in [-0.39, 0.29) is 17.7 Å². The molecule has 2 unspecified atom stereocenters. The number of amides is 1. The lowest BCUT2D eigenvalue weighted by Crippen LogP contribution is -2.51. The Labute approximate surface area is 152 Å². The number of carbonyl (C=O) groups excluding carboxylic acids is 1. The number of aryl methyl sites for hydroxylation is 1. The van der Waals surface area contributed by atoms with Crippen LogP contribution in [0.2, 0.25) is 0 Å². The van der Waals surface area contributed by atoms with Crippen LogP contribution < -0.4 is 10.0 Å². The molecule has 1 aromatic rings. The Kier molecular flexibility index (Phi) is 8.40. The molecule has 0 radical (unpaired) electrons. The van der Waals surface area contributed by atoms with Crippen LogP contribution in [-0.2, 0) is 19.6 Å². The van der Waals surface area contributed by atoms with Gasteiger partial charge in [0.15, 0.2) is 0 Å². The highest BCUT2D eigenvalue weighted by atomic mass is 32.2. The molecule has 0 aliphatic carbocycles. The van der Waals surface area contributed by atoms with Gasteiger partial charge in [0.1, 0.15) is 12.1 Å². The molecule has 3 N–H and O–H groups in total. The topological polar surface area (TPSA) is 113 Å². The van der Waals surface area contributed by atoms with Crippen molar-refractivity contribution in [3.63, 3.8) is 0 Å². The van der Waals surface area contributed by atoms with Gasteiger partial charge >= 0.3 is 5.97 Å². The van der Waals surface area contributed by atoms with Crippen molar-refractivity contribution < 1.29 is 23.1 Å². The Morgan fingerprint density at radius 1 is 1.20 bits per heavy atom. The summed E-state index contributed by atoms with van der Waals surface area (Å²) >= 11 is 1.47. The number of carboxylic acid groups (broad SMARTS) is 1. The summed E-state index contributed by atoms with van der Waals surface area (Å²) in [7, 11) is -3.88. The summed E-state index contributed by atoms with van der Waals surface area (Å²) in [4.78, 5) is 23.5. The molecule has 0 saturated carbocycles. The molecule has 0 heterocycles. The number of carboxylic acids is 1. The molecule has 0 bridgehead atoms. The van der Waals surface area contributed by atoms with Gasteiger partial charge in [0.05, 0.1) is 4.90 Å². The van der Waals surface area contributed by atoms with Crippen molar-refractivity contribution in [2.75, 3.05) is 12.0 Å². The second kappa shape index (κ2) is 9.79. The second-order valence-corrected chi connectivity index (χ2v) is 8.28. The summed E-state index contributed by atoms with van der Waals surface area (Å²) in [6.45, 7) is 3.47. The van der Waals surface area contributed by atoms with E-state index < -0.39 is 34.0 Å². The molecule has 7 nitrogen and oxygen atoms in total. The van der Waals surface area contributed by atoms with E-state index in [1.54, 1.807) is 19.1 Å². The summed E-state index contributed by atoms with van der Waals surface area (Å²) in [6, 6.07) is 4.19. The molecule has 2 atom stereocenters. The van der Waals surface area contributed by atoms with Crippen molar-refractivity contribution in [2.24, 2.45) is 0 Å². The lowest BCUT2D eigenvalue weighted by molar-refractivity contribution is -0.142. The van der Waals surface area contributed by atoms with Gasteiger partial charge in [0.2, 0.25) is 15.9 Å². The highest BCUT2D eigenvalue weighted by Gasteiger charge is 2.28. The van der Waals surface area contributed by atoms with Gasteiger partial charge in [-0.2, -0.15) is 16.5 Å². The Morgan fingerprint density at radius 2 is 1.80 bits per heavy atom. The van der Waals surface area contributed by atoms with Gasteiger partial charge in [-0.1, -0.05) is 24.6 Å². The predicted molar refractivity (Wildman–Crippen MR) is 98.1 cm³/mol. The van der Waals surface area contributed by atoms with Crippen LogP contribution in [0.3, 0.4) is 0 Å². The first-order valence-corrected chi connectivity index (χ1v) is 10.7. The largest absolute Gasteiger partial charge is 0.480 e. The summed E-state index contributed by atoms with van der Waals surface area (Å²) in [5.74, 6) is -1.24.